The zero-order chi connectivity index (χ0) is 19.5. The van der Waals surface area contributed by atoms with Gasteiger partial charge >= 0.3 is 0 Å². The van der Waals surface area contributed by atoms with Crippen LogP contribution in [0.1, 0.15) is 33.1 Å². The minimum absolute atomic E-state index is 0.0923. The molecule has 2 fully saturated rings. The molecule has 2 N–H and O–H groups in total. The lowest BCUT2D eigenvalue weighted by molar-refractivity contribution is -0.135. The normalized spacial score (nSPS) is 20.9. The van der Waals surface area contributed by atoms with Gasteiger partial charge in [-0.3, -0.25) is 4.79 Å². The molecule has 1 unspecified atom stereocenters. The highest BCUT2D eigenvalue weighted by molar-refractivity contribution is 5.78. The number of amides is 1. The first-order chi connectivity index (χ1) is 13.6. The van der Waals surface area contributed by atoms with Gasteiger partial charge in [0.15, 0.2) is 0 Å². The van der Waals surface area contributed by atoms with Crippen molar-refractivity contribution in [2.24, 2.45) is 5.92 Å². The summed E-state index contributed by atoms with van der Waals surface area (Å²) in [4.78, 5) is 28.9. The molecule has 4 rings (SSSR count). The number of nitrogens with one attached hydrogen (secondary N) is 2. The zero-order valence-electron chi connectivity index (χ0n) is 16.8. The second kappa shape index (κ2) is 8.31. The summed E-state index contributed by atoms with van der Waals surface area (Å²) in [6.45, 7) is 7.59. The Hall–Kier alpha value is -2.41. The molecule has 28 heavy (non-hydrogen) atoms. The summed E-state index contributed by atoms with van der Waals surface area (Å²) < 4.78 is 0. The summed E-state index contributed by atoms with van der Waals surface area (Å²) in [5.74, 6) is 1.17. The molecule has 2 aromatic heterocycles. The quantitative estimate of drug-likeness (QED) is 0.830. The van der Waals surface area contributed by atoms with E-state index >= 15 is 0 Å². The first-order valence-electron chi connectivity index (χ1n) is 10.4. The number of carbonyl (C=O) groups excluding carboxylic acids is 1. The fourth-order valence-electron chi connectivity index (χ4n) is 4.18. The van der Waals surface area contributed by atoms with E-state index in [1.54, 1.807) is 0 Å². The Bertz CT molecular complexity index is 782. The Morgan fingerprint density at radius 2 is 1.96 bits per heavy atom. The van der Waals surface area contributed by atoms with E-state index in [1.165, 1.54) is 0 Å². The van der Waals surface area contributed by atoms with Crippen LogP contribution < -0.4 is 10.2 Å². The van der Waals surface area contributed by atoms with Crippen molar-refractivity contribution in [1.29, 1.82) is 0 Å². The third-order valence-corrected chi connectivity index (χ3v) is 5.76. The van der Waals surface area contributed by atoms with Gasteiger partial charge in [0.2, 0.25) is 11.9 Å². The molecule has 7 nitrogen and oxygen atoms in total. The van der Waals surface area contributed by atoms with Crippen LogP contribution in [0.5, 0.6) is 0 Å². The number of carbonyl (C=O) groups is 1. The van der Waals surface area contributed by atoms with Crippen LogP contribution in [0.3, 0.4) is 0 Å². The number of likely N-dealkylation sites (tertiary alicyclic amines) is 1. The fraction of sp³-hybridized carbons (Fsp3) is 0.571. The molecule has 2 aliphatic heterocycles. The largest absolute Gasteiger partial charge is 0.360 e. The van der Waals surface area contributed by atoms with Gasteiger partial charge in [0.1, 0.15) is 0 Å². The van der Waals surface area contributed by atoms with E-state index in [-0.39, 0.29) is 11.8 Å². The molecule has 0 saturated carbocycles. The van der Waals surface area contributed by atoms with Gasteiger partial charge in [0, 0.05) is 56.6 Å². The second-order valence-electron chi connectivity index (χ2n) is 8.18. The monoisotopic (exact) mass is 382 g/mol. The smallest absolute Gasteiger partial charge is 0.225 e. The van der Waals surface area contributed by atoms with Crippen molar-refractivity contribution in [2.75, 3.05) is 31.1 Å². The molecule has 1 amide bonds. The molecule has 1 atom stereocenters. The third kappa shape index (κ3) is 4.19. The van der Waals surface area contributed by atoms with Crippen molar-refractivity contribution < 1.29 is 4.79 Å². The van der Waals surface area contributed by atoms with E-state index in [1.807, 2.05) is 49.3 Å². The van der Waals surface area contributed by atoms with Crippen molar-refractivity contribution >= 4 is 11.9 Å². The van der Waals surface area contributed by atoms with Gasteiger partial charge < -0.3 is 20.1 Å². The molecule has 0 bridgehead atoms. The van der Waals surface area contributed by atoms with Crippen LogP contribution in [-0.2, 0) is 4.79 Å². The topological polar surface area (TPSA) is 77.2 Å². The van der Waals surface area contributed by atoms with E-state index in [0.717, 1.165) is 62.8 Å². The van der Waals surface area contributed by atoms with Crippen molar-refractivity contribution in [1.82, 2.24) is 25.2 Å². The minimum atomic E-state index is 0.0923. The molecule has 0 aromatic carbocycles. The van der Waals surface area contributed by atoms with Crippen LogP contribution in [0, 0.1) is 5.92 Å². The van der Waals surface area contributed by atoms with Crippen LogP contribution in [0.2, 0.25) is 0 Å². The zero-order valence-corrected chi connectivity index (χ0v) is 16.8. The average Bonchev–Trinajstić information content (AvgIpc) is 3.40. The Morgan fingerprint density at radius 3 is 2.68 bits per heavy atom. The first kappa shape index (κ1) is 18.9. The maximum absolute atomic E-state index is 12.1. The lowest BCUT2D eigenvalue weighted by Crippen LogP contribution is -2.49. The predicted molar refractivity (Wildman–Crippen MR) is 110 cm³/mol. The lowest BCUT2D eigenvalue weighted by Gasteiger charge is -2.34. The molecule has 0 spiro atoms. The van der Waals surface area contributed by atoms with Crippen molar-refractivity contribution in [3.63, 3.8) is 0 Å². The number of aromatic nitrogens is 3. The number of aromatic amines is 1. The summed E-state index contributed by atoms with van der Waals surface area (Å²) in [6.07, 6.45) is 6.91. The Morgan fingerprint density at radius 1 is 1.18 bits per heavy atom. The van der Waals surface area contributed by atoms with E-state index < -0.39 is 0 Å². The third-order valence-electron chi connectivity index (χ3n) is 5.76. The maximum atomic E-state index is 12.1. The predicted octanol–water partition coefficient (Wildman–Crippen LogP) is 2.29. The number of H-pyrrole nitrogens is 1. The van der Waals surface area contributed by atoms with Crippen LogP contribution in [-0.4, -0.2) is 64.0 Å². The minimum Gasteiger partial charge on any atom is -0.360 e. The van der Waals surface area contributed by atoms with Crippen LogP contribution in [0.4, 0.5) is 5.95 Å². The number of hydrogen-bond acceptors (Lipinski definition) is 5. The number of hydrogen-bond donors (Lipinski definition) is 2. The van der Waals surface area contributed by atoms with Crippen molar-refractivity contribution in [3.05, 3.63) is 30.6 Å². The standard InChI is InChI=1S/C21H30N6O/c1-15(2)20(28)26-11-6-16(7-12-26)24-17-8-13-27(14-17)21-23-10-5-19(25-21)18-4-3-9-22-18/h3-5,9-10,15-17,22,24H,6-8,11-14H2,1-2H3. The molecular formula is C21H30N6O. The Balaban J connectivity index is 1.30. The van der Waals surface area contributed by atoms with Crippen LogP contribution in [0.25, 0.3) is 11.4 Å². The van der Waals surface area contributed by atoms with Gasteiger partial charge in [-0.25, -0.2) is 9.97 Å². The molecule has 2 aromatic rings. The number of rotatable bonds is 5. The van der Waals surface area contributed by atoms with E-state index in [0.29, 0.717) is 12.1 Å². The number of anilines is 1. The van der Waals surface area contributed by atoms with Crippen molar-refractivity contribution in [3.8, 4) is 11.4 Å². The van der Waals surface area contributed by atoms with Gasteiger partial charge in [-0.1, -0.05) is 13.8 Å². The summed E-state index contributed by atoms with van der Waals surface area (Å²) in [7, 11) is 0. The number of nitrogens with zero attached hydrogens (tertiary/aromatic N) is 4. The highest BCUT2D eigenvalue weighted by Crippen LogP contribution is 2.22. The first-order valence-corrected chi connectivity index (χ1v) is 10.4. The second-order valence-corrected chi connectivity index (χ2v) is 8.18. The summed E-state index contributed by atoms with van der Waals surface area (Å²) in [6, 6.07) is 6.89. The van der Waals surface area contributed by atoms with Crippen LogP contribution in [0.15, 0.2) is 30.6 Å². The van der Waals surface area contributed by atoms with Crippen molar-refractivity contribution in [2.45, 2.75) is 45.2 Å². The molecule has 0 radical (unpaired) electrons. The van der Waals surface area contributed by atoms with Crippen LogP contribution >= 0.6 is 0 Å². The number of piperidine rings is 1. The molecule has 7 heteroatoms. The lowest BCUT2D eigenvalue weighted by atomic mass is 10.0. The molecular weight excluding hydrogens is 352 g/mol. The highest BCUT2D eigenvalue weighted by atomic mass is 16.2. The average molecular weight is 383 g/mol. The summed E-state index contributed by atoms with van der Waals surface area (Å²) in [5, 5.41) is 3.81. The van der Waals surface area contributed by atoms with E-state index in [2.05, 4.69) is 20.2 Å². The molecule has 0 aliphatic carbocycles. The maximum Gasteiger partial charge on any atom is 0.225 e. The van der Waals surface area contributed by atoms with Gasteiger partial charge in [0.05, 0.1) is 11.4 Å². The summed E-state index contributed by atoms with van der Waals surface area (Å²) in [5.41, 5.74) is 1.94. The Labute approximate surface area is 166 Å². The van der Waals surface area contributed by atoms with Gasteiger partial charge in [-0.05, 0) is 37.5 Å². The van der Waals surface area contributed by atoms with Gasteiger partial charge in [-0.15, -0.1) is 0 Å². The van der Waals surface area contributed by atoms with Gasteiger partial charge in [-0.2, -0.15) is 0 Å². The van der Waals surface area contributed by atoms with E-state index in [9.17, 15) is 4.79 Å². The highest BCUT2D eigenvalue weighted by Gasteiger charge is 2.29. The molecule has 150 valence electrons. The molecule has 2 aliphatic rings. The van der Waals surface area contributed by atoms with E-state index in [4.69, 9.17) is 4.98 Å². The fourth-order valence-corrected chi connectivity index (χ4v) is 4.18. The van der Waals surface area contributed by atoms with Gasteiger partial charge in [0.25, 0.3) is 0 Å². The molecule has 2 saturated heterocycles. The SMILES string of the molecule is CC(C)C(=O)N1CCC(NC2CCN(c3nccc(-c4ccc[nH]4)n3)C2)CC1. The summed E-state index contributed by atoms with van der Waals surface area (Å²) >= 11 is 0. The molecule has 4 heterocycles. The Kier molecular flexibility index (Phi) is 5.62.